The van der Waals surface area contributed by atoms with E-state index in [-0.39, 0.29) is 23.1 Å². The summed E-state index contributed by atoms with van der Waals surface area (Å²) in [6.45, 7) is 5.16. The van der Waals surface area contributed by atoms with Crippen LogP contribution in [0.5, 0.6) is 5.75 Å². The fourth-order valence-corrected chi connectivity index (χ4v) is 3.82. The predicted molar refractivity (Wildman–Crippen MR) is 119 cm³/mol. The number of carbonyl (C=O) groups is 1. The second-order valence-electron chi connectivity index (χ2n) is 7.32. The number of amides is 1. The molecule has 8 heteroatoms. The molecular weight excluding hydrogens is 400 g/mol. The van der Waals surface area contributed by atoms with Crippen molar-refractivity contribution in [3.8, 4) is 5.75 Å². The number of ether oxygens (including phenoxy) is 1. The number of fused-ring (bicyclic) bond motifs is 1. The first kappa shape index (κ1) is 21.8. The van der Waals surface area contributed by atoms with Gasteiger partial charge >= 0.3 is 0 Å². The van der Waals surface area contributed by atoms with Gasteiger partial charge in [0.15, 0.2) is 10.8 Å². The minimum atomic E-state index is -0.121. The molecule has 0 aliphatic carbocycles. The van der Waals surface area contributed by atoms with E-state index in [4.69, 9.17) is 4.74 Å². The van der Waals surface area contributed by atoms with E-state index in [1.807, 2.05) is 38.1 Å². The average Bonchev–Trinajstić information content (AvgIpc) is 2.75. The third kappa shape index (κ3) is 5.60. The maximum absolute atomic E-state index is 12.9. The average molecular weight is 427 g/mol. The van der Waals surface area contributed by atoms with Crippen molar-refractivity contribution in [2.45, 2.75) is 32.0 Å². The van der Waals surface area contributed by atoms with Crippen LogP contribution in [-0.2, 0) is 17.8 Å². The Morgan fingerprint density at radius 1 is 1.23 bits per heavy atom. The molecule has 0 unspecified atom stereocenters. The number of hydrogen-bond donors (Lipinski definition) is 1. The van der Waals surface area contributed by atoms with Crippen molar-refractivity contribution in [3.63, 3.8) is 0 Å². The standard InChI is InChI=1S/C22H26N4O3S/c1-15(2)13-26-21(28)18-5-4-11-24-20(18)25-22(26)30-14-19(27)23-12-10-16-6-8-17(29-3)9-7-16/h4-9,11,15H,10,12-14H2,1-3H3,(H,23,27). The first-order chi connectivity index (χ1) is 14.5. The second-order valence-corrected chi connectivity index (χ2v) is 8.26. The van der Waals surface area contributed by atoms with Gasteiger partial charge in [-0.3, -0.25) is 14.2 Å². The SMILES string of the molecule is COc1ccc(CCNC(=O)CSc2nc3ncccc3c(=O)n2CC(C)C)cc1. The van der Waals surface area contributed by atoms with Crippen molar-refractivity contribution < 1.29 is 9.53 Å². The highest BCUT2D eigenvalue weighted by Gasteiger charge is 2.14. The zero-order chi connectivity index (χ0) is 21.5. The maximum atomic E-state index is 12.9. The summed E-state index contributed by atoms with van der Waals surface area (Å²) in [5, 5.41) is 3.93. The molecule has 0 radical (unpaired) electrons. The number of carbonyl (C=O) groups excluding carboxylic acids is 1. The lowest BCUT2D eigenvalue weighted by molar-refractivity contribution is -0.118. The molecule has 1 N–H and O–H groups in total. The molecule has 3 rings (SSSR count). The van der Waals surface area contributed by atoms with Crippen LogP contribution in [0.15, 0.2) is 52.5 Å². The zero-order valence-corrected chi connectivity index (χ0v) is 18.2. The van der Waals surface area contributed by atoms with Crippen molar-refractivity contribution in [2.75, 3.05) is 19.4 Å². The van der Waals surface area contributed by atoms with E-state index in [0.717, 1.165) is 17.7 Å². The summed E-state index contributed by atoms with van der Waals surface area (Å²) >= 11 is 1.26. The molecule has 0 spiro atoms. The summed E-state index contributed by atoms with van der Waals surface area (Å²) in [5.74, 6) is 1.17. The van der Waals surface area contributed by atoms with Gasteiger partial charge in [-0.15, -0.1) is 0 Å². The van der Waals surface area contributed by atoms with Crippen molar-refractivity contribution >= 4 is 28.7 Å². The normalized spacial score (nSPS) is 11.1. The van der Waals surface area contributed by atoms with Crippen molar-refractivity contribution in [1.29, 1.82) is 0 Å². The summed E-state index contributed by atoms with van der Waals surface area (Å²) in [4.78, 5) is 33.9. The monoisotopic (exact) mass is 426 g/mol. The molecule has 1 amide bonds. The molecule has 0 saturated heterocycles. The van der Waals surface area contributed by atoms with E-state index in [0.29, 0.717) is 29.3 Å². The third-order valence-electron chi connectivity index (χ3n) is 4.47. The largest absolute Gasteiger partial charge is 0.497 e. The summed E-state index contributed by atoms with van der Waals surface area (Å²) in [7, 11) is 1.63. The molecule has 0 fully saturated rings. The molecule has 2 aromatic heterocycles. The minimum absolute atomic E-state index is 0.0972. The first-order valence-electron chi connectivity index (χ1n) is 9.86. The van der Waals surface area contributed by atoms with Gasteiger partial charge in [0.2, 0.25) is 5.91 Å². The van der Waals surface area contributed by atoms with Crippen LogP contribution in [-0.4, -0.2) is 39.8 Å². The molecule has 30 heavy (non-hydrogen) atoms. The molecule has 0 aliphatic rings. The Balaban J connectivity index is 1.62. The number of aromatic nitrogens is 3. The van der Waals surface area contributed by atoms with Crippen LogP contribution in [0.1, 0.15) is 19.4 Å². The first-order valence-corrected chi connectivity index (χ1v) is 10.8. The van der Waals surface area contributed by atoms with Gasteiger partial charge in [-0.05, 0) is 42.2 Å². The number of thioether (sulfide) groups is 1. The van der Waals surface area contributed by atoms with Gasteiger partial charge in [0.1, 0.15) is 5.75 Å². The van der Waals surface area contributed by atoms with E-state index in [2.05, 4.69) is 15.3 Å². The molecule has 2 heterocycles. The highest BCUT2D eigenvalue weighted by molar-refractivity contribution is 7.99. The summed E-state index contributed by atoms with van der Waals surface area (Å²) < 4.78 is 6.79. The van der Waals surface area contributed by atoms with E-state index in [9.17, 15) is 9.59 Å². The smallest absolute Gasteiger partial charge is 0.263 e. The fourth-order valence-electron chi connectivity index (χ4n) is 2.99. The zero-order valence-electron chi connectivity index (χ0n) is 17.4. The number of pyridine rings is 1. The molecule has 0 saturated carbocycles. The van der Waals surface area contributed by atoms with Crippen molar-refractivity contribution in [2.24, 2.45) is 5.92 Å². The maximum Gasteiger partial charge on any atom is 0.263 e. The molecule has 0 aliphatic heterocycles. The molecule has 0 atom stereocenters. The van der Waals surface area contributed by atoms with Gasteiger partial charge < -0.3 is 10.1 Å². The summed E-state index contributed by atoms with van der Waals surface area (Å²) in [5.41, 5.74) is 1.41. The summed E-state index contributed by atoms with van der Waals surface area (Å²) in [6.07, 6.45) is 2.35. The van der Waals surface area contributed by atoms with Gasteiger partial charge in [0.25, 0.3) is 5.56 Å². The van der Waals surface area contributed by atoms with Gasteiger partial charge in [-0.1, -0.05) is 37.7 Å². The lowest BCUT2D eigenvalue weighted by Gasteiger charge is -2.14. The van der Waals surface area contributed by atoms with Crippen molar-refractivity contribution in [1.82, 2.24) is 19.9 Å². The topological polar surface area (TPSA) is 86.1 Å². The molecule has 1 aromatic carbocycles. The van der Waals surface area contributed by atoms with Gasteiger partial charge in [-0.2, -0.15) is 0 Å². The number of benzene rings is 1. The van der Waals surface area contributed by atoms with Crippen LogP contribution in [0, 0.1) is 5.92 Å². The Hall–Kier alpha value is -2.87. The van der Waals surface area contributed by atoms with E-state index >= 15 is 0 Å². The van der Waals surface area contributed by atoms with Gasteiger partial charge in [0.05, 0.1) is 18.2 Å². The van der Waals surface area contributed by atoms with Crippen LogP contribution >= 0.6 is 11.8 Å². The number of nitrogens with one attached hydrogen (secondary N) is 1. The highest BCUT2D eigenvalue weighted by Crippen LogP contribution is 2.18. The number of methoxy groups -OCH3 is 1. The number of hydrogen-bond acceptors (Lipinski definition) is 6. The Bertz CT molecular complexity index is 1060. The minimum Gasteiger partial charge on any atom is -0.497 e. The van der Waals surface area contributed by atoms with Crippen LogP contribution in [0.3, 0.4) is 0 Å². The van der Waals surface area contributed by atoms with E-state index in [1.165, 1.54) is 11.8 Å². The Labute approximate surface area is 179 Å². The van der Waals surface area contributed by atoms with Gasteiger partial charge in [-0.25, -0.2) is 9.97 Å². The quantitative estimate of drug-likeness (QED) is 0.418. The van der Waals surface area contributed by atoms with E-state index < -0.39 is 0 Å². The number of rotatable bonds is 9. The predicted octanol–water partition coefficient (Wildman–Crippen LogP) is 2.91. The van der Waals surface area contributed by atoms with E-state index in [1.54, 1.807) is 30.0 Å². The fraction of sp³-hybridized carbons (Fsp3) is 0.364. The highest BCUT2D eigenvalue weighted by atomic mass is 32.2. The molecule has 7 nitrogen and oxygen atoms in total. The van der Waals surface area contributed by atoms with Crippen LogP contribution in [0.25, 0.3) is 11.0 Å². The van der Waals surface area contributed by atoms with Crippen LogP contribution < -0.4 is 15.6 Å². The molecule has 0 bridgehead atoms. The number of nitrogens with zero attached hydrogens (tertiary/aromatic N) is 3. The Morgan fingerprint density at radius 3 is 2.70 bits per heavy atom. The Kier molecular flexibility index (Phi) is 7.46. The summed E-state index contributed by atoms with van der Waals surface area (Å²) in [6, 6.07) is 11.2. The van der Waals surface area contributed by atoms with Crippen LogP contribution in [0.4, 0.5) is 0 Å². The van der Waals surface area contributed by atoms with Crippen LogP contribution in [0.2, 0.25) is 0 Å². The van der Waals surface area contributed by atoms with Crippen molar-refractivity contribution in [3.05, 3.63) is 58.5 Å². The third-order valence-corrected chi connectivity index (χ3v) is 5.45. The molecule has 3 aromatic rings. The molecular formula is C22H26N4O3S. The Morgan fingerprint density at radius 2 is 2.00 bits per heavy atom. The lowest BCUT2D eigenvalue weighted by Crippen LogP contribution is -2.29. The molecule has 158 valence electrons. The lowest BCUT2D eigenvalue weighted by atomic mass is 10.1. The van der Waals surface area contributed by atoms with Gasteiger partial charge in [0, 0.05) is 19.3 Å². The second kappa shape index (κ2) is 10.2.